The van der Waals surface area contributed by atoms with Gasteiger partial charge in [-0.3, -0.25) is 9.36 Å². The Morgan fingerprint density at radius 3 is 2.31 bits per heavy atom. The van der Waals surface area contributed by atoms with Crippen LogP contribution in [-0.4, -0.2) is 39.2 Å². The van der Waals surface area contributed by atoms with E-state index < -0.39 is 0 Å². The molecular weight excluding hydrogens is 570 g/mol. The van der Waals surface area contributed by atoms with Crippen LogP contribution in [0.5, 0.6) is 11.5 Å². The summed E-state index contributed by atoms with van der Waals surface area (Å²) >= 11 is 7.36. The maximum absolute atomic E-state index is 12.6. The van der Waals surface area contributed by atoms with Crippen molar-refractivity contribution in [3.05, 3.63) is 119 Å². The number of thioether (sulfide) groups is 1. The minimum atomic E-state index is -0.270. The van der Waals surface area contributed by atoms with Gasteiger partial charge < -0.3 is 9.47 Å². The largest absolute Gasteiger partial charge is 0.494 e. The topological polar surface area (TPSA) is 90.6 Å². The van der Waals surface area contributed by atoms with Crippen LogP contribution in [-0.2, 0) is 11.4 Å². The molecule has 0 aliphatic carbocycles. The molecule has 42 heavy (non-hydrogen) atoms. The number of hydrogen-bond acceptors (Lipinski definition) is 7. The highest BCUT2D eigenvalue weighted by Gasteiger charge is 2.17. The van der Waals surface area contributed by atoms with Gasteiger partial charge in [0.1, 0.15) is 18.1 Å². The van der Waals surface area contributed by atoms with Crippen molar-refractivity contribution in [2.75, 3.05) is 12.4 Å². The molecule has 0 bridgehead atoms. The molecule has 8 nitrogen and oxygen atoms in total. The quantitative estimate of drug-likeness (QED) is 0.0965. The molecule has 0 radical (unpaired) electrons. The predicted molar refractivity (Wildman–Crippen MR) is 167 cm³/mol. The molecule has 0 aliphatic heterocycles. The summed E-state index contributed by atoms with van der Waals surface area (Å²) in [5.41, 5.74) is 6.19. The number of ether oxygens (including phenoxy) is 2. The van der Waals surface area contributed by atoms with Crippen LogP contribution < -0.4 is 14.9 Å². The zero-order valence-corrected chi connectivity index (χ0v) is 24.4. The van der Waals surface area contributed by atoms with Crippen molar-refractivity contribution in [3.8, 4) is 28.6 Å². The Labute approximate surface area is 253 Å². The molecule has 1 N–H and O–H groups in total. The van der Waals surface area contributed by atoms with Gasteiger partial charge in [-0.2, -0.15) is 5.10 Å². The van der Waals surface area contributed by atoms with E-state index in [0.29, 0.717) is 29.2 Å². The number of nitrogens with one attached hydrogen (secondary N) is 1. The molecule has 1 amide bonds. The molecule has 0 fully saturated rings. The van der Waals surface area contributed by atoms with Gasteiger partial charge in [0.15, 0.2) is 11.0 Å². The highest BCUT2D eigenvalue weighted by atomic mass is 35.5. The highest BCUT2D eigenvalue weighted by Crippen LogP contribution is 2.29. The zero-order chi connectivity index (χ0) is 29.1. The highest BCUT2D eigenvalue weighted by molar-refractivity contribution is 7.99. The molecule has 4 aromatic carbocycles. The Kier molecular flexibility index (Phi) is 9.87. The minimum Gasteiger partial charge on any atom is -0.494 e. The fourth-order valence-electron chi connectivity index (χ4n) is 3.97. The Morgan fingerprint density at radius 1 is 0.905 bits per heavy atom. The van der Waals surface area contributed by atoms with E-state index in [1.807, 2.05) is 102 Å². The number of carbonyl (C=O) groups excluding carboxylic acids is 1. The standard InChI is InChI=1S/C32H28ClN5O3S/c1-2-40-28-18-14-27(15-19-28)38-31(25-10-12-26(33)13-11-25)36-37-32(38)42-22-30(39)35-34-20-23-8-16-29(17-9-23)41-21-24-6-4-3-5-7-24/h3-20H,2,21-22H2,1H3,(H,35,39). The minimum absolute atomic E-state index is 0.0966. The average molecular weight is 598 g/mol. The normalized spacial score (nSPS) is 11.0. The number of aromatic nitrogens is 3. The summed E-state index contributed by atoms with van der Waals surface area (Å²) in [5, 5.41) is 14.1. The maximum atomic E-state index is 12.6. The number of halogens is 1. The van der Waals surface area contributed by atoms with E-state index in [0.717, 1.165) is 33.9 Å². The van der Waals surface area contributed by atoms with Crippen molar-refractivity contribution in [2.45, 2.75) is 18.7 Å². The summed E-state index contributed by atoms with van der Waals surface area (Å²) in [6, 6.07) is 32.5. The average Bonchev–Trinajstić information content (AvgIpc) is 3.45. The van der Waals surface area contributed by atoms with Crippen molar-refractivity contribution in [3.63, 3.8) is 0 Å². The summed E-state index contributed by atoms with van der Waals surface area (Å²) in [6.07, 6.45) is 1.59. The third kappa shape index (κ3) is 7.78. The van der Waals surface area contributed by atoms with Gasteiger partial charge in [0, 0.05) is 16.3 Å². The second-order valence-electron chi connectivity index (χ2n) is 9.00. The van der Waals surface area contributed by atoms with Crippen LogP contribution in [0.25, 0.3) is 17.1 Å². The lowest BCUT2D eigenvalue weighted by Crippen LogP contribution is -2.20. The Morgan fingerprint density at radius 2 is 1.60 bits per heavy atom. The zero-order valence-electron chi connectivity index (χ0n) is 22.8. The summed E-state index contributed by atoms with van der Waals surface area (Å²) < 4.78 is 13.3. The third-order valence-corrected chi connectivity index (χ3v) is 7.19. The SMILES string of the molecule is CCOc1ccc(-n2c(SCC(=O)NN=Cc3ccc(OCc4ccccc4)cc3)nnc2-c2ccc(Cl)cc2)cc1. The van der Waals surface area contributed by atoms with Gasteiger partial charge in [-0.15, -0.1) is 10.2 Å². The first kappa shape index (κ1) is 28.9. The molecule has 1 heterocycles. The molecule has 0 aliphatic rings. The second-order valence-corrected chi connectivity index (χ2v) is 10.4. The lowest BCUT2D eigenvalue weighted by Gasteiger charge is -2.11. The van der Waals surface area contributed by atoms with E-state index >= 15 is 0 Å². The third-order valence-electron chi connectivity index (χ3n) is 6.01. The van der Waals surface area contributed by atoms with Crippen LogP contribution in [0.15, 0.2) is 113 Å². The fraction of sp³-hybridized carbons (Fsp3) is 0.125. The van der Waals surface area contributed by atoms with Gasteiger partial charge >= 0.3 is 0 Å². The summed E-state index contributed by atoms with van der Waals surface area (Å²) in [4.78, 5) is 12.6. The number of carbonyl (C=O) groups is 1. The van der Waals surface area contributed by atoms with Crippen molar-refractivity contribution < 1.29 is 14.3 Å². The van der Waals surface area contributed by atoms with Crippen molar-refractivity contribution >= 4 is 35.5 Å². The van der Waals surface area contributed by atoms with Gasteiger partial charge in [-0.05, 0) is 90.8 Å². The van der Waals surface area contributed by atoms with E-state index in [4.69, 9.17) is 21.1 Å². The molecule has 10 heteroatoms. The summed E-state index contributed by atoms with van der Waals surface area (Å²) in [6.45, 7) is 3.01. The molecule has 0 saturated carbocycles. The molecule has 1 aromatic heterocycles. The van der Waals surface area contributed by atoms with E-state index in [-0.39, 0.29) is 11.7 Å². The van der Waals surface area contributed by atoms with E-state index in [2.05, 4.69) is 20.7 Å². The number of hydrazone groups is 1. The Hall–Kier alpha value is -4.60. The number of rotatable bonds is 12. The number of hydrogen-bond donors (Lipinski definition) is 1. The van der Waals surface area contributed by atoms with E-state index in [1.54, 1.807) is 18.3 Å². The smallest absolute Gasteiger partial charge is 0.250 e. The Balaban J connectivity index is 1.21. The van der Waals surface area contributed by atoms with E-state index in [1.165, 1.54) is 11.8 Å². The number of nitrogens with zero attached hydrogens (tertiary/aromatic N) is 4. The first-order chi connectivity index (χ1) is 20.6. The van der Waals surface area contributed by atoms with Crippen LogP contribution in [0.2, 0.25) is 5.02 Å². The molecule has 212 valence electrons. The molecule has 0 unspecified atom stereocenters. The van der Waals surface area contributed by atoms with E-state index in [9.17, 15) is 4.79 Å². The molecule has 5 aromatic rings. The molecular formula is C32H28ClN5O3S. The molecule has 0 spiro atoms. The van der Waals surface area contributed by atoms with Gasteiger partial charge in [-0.1, -0.05) is 53.7 Å². The monoisotopic (exact) mass is 597 g/mol. The van der Waals surface area contributed by atoms with Crippen LogP contribution in [0.1, 0.15) is 18.1 Å². The lowest BCUT2D eigenvalue weighted by molar-refractivity contribution is -0.118. The molecule has 0 saturated heterocycles. The lowest BCUT2D eigenvalue weighted by atomic mass is 10.2. The van der Waals surface area contributed by atoms with Gasteiger partial charge in [-0.25, -0.2) is 5.43 Å². The first-order valence-electron chi connectivity index (χ1n) is 13.2. The first-order valence-corrected chi connectivity index (χ1v) is 14.6. The number of benzene rings is 4. The summed E-state index contributed by atoms with van der Waals surface area (Å²) in [5.74, 6) is 1.98. The summed E-state index contributed by atoms with van der Waals surface area (Å²) in [7, 11) is 0. The van der Waals surface area contributed by atoms with Gasteiger partial charge in [0.25, 0.3) is 5.91 Å². The maximum Gasteiger partial charge on any atom is 0.250 e. The van der Waals surface area contributed by atoms with Gasteiger partial charge in [0.05, 0.1) is 18.6 Å². The van der Waals surface area contributed by atoms with Crippen LogP contribution in [0.3, 0.4) is 0 Å². The van der Waals surface area contributed by atoms with Crippen LogP contribution >= 0.6 is 23.4 Å². The molecule has 5 rings (SSSR count). The van der Waals surface area contributed by atoms with Crippen molar-refractivity contribution in [1.82, 2.24) is 20.2 Å². The van der Waals surface area contributed by atoms with Crippen molar-refractivity contribution in [2.24, 2.45) is 5.10 Å². The Bertz CT molecular complexity index is 1620. The van der Waals surface area contributed by atoms with Crippen LogP contribution in [0.4, 0.5) is 0 Å². The predicted octanol–water partition coefficient (Wildman–Crippen LogP) is 6.81. The number of amides is 1. The van der Waals surface area contributed by atoms with Crippen molar-refractivity contribution in [1.29, 1.82) is 0 Å². The van der Waals surface area contributed by atoms with Gasteiger partial charge in [0.2, 0.25) is 0 Å². The second kappa shape index (κ2) is 14.3. The fourth-order valence-corrected chi connectivity index (χ4v) is 4.84. The van der Waals surface area contributed by atoms with Crippen LogP contribution in [0, 0.1) is 0 Å². The molecule has 0 atom stereocenters.